The Labute approximate surface area is 149 Å². The monoisotopic (exact) mass is 374 g/mol. The second-order valence-electron chi connectivity index (χ2n) is 5.60. The zero-order valence-electron chi connectivity index (χ0n) is 13.6. The summed E-state index contributed by atoms with van der Waals surface area (Å²) in [6.07, 6.45) is 3.29. The fourth-order valence-corrected chi connectivity index (χ4v) is 3.99. The lowest BCUT2D eigenvalue weighted by atomic mass is 9.95. The normalized spacial score (nSPS) is 16.5. The van der Waals surface area contributed by atoms with Crippen molar-refractivity contribution in [2.75, 3.05) is 31.3 Å². The fourth-order valence-electron chi connectivity index (χ4n) is 2.66. The molecule has 2 rings (SSSR count). The van der Waals surface area contributed by atoms with E-state index in [-0.39, 0.29) is 25.2 Å². The summed E-state index contributed by atoms with van der Waals surface area (Å²) in [6, 6.07) is 6.87. The van der Waals surface area contributed by atoms with Gasteiger partial charge in [-0.3, -0.25) is 4.79 Å². The second kappa shape index (κ2) is 8.50. The van der Waals surface area contributed by atoms with Gasteiger partial charge in [0.15, 0.2) is 14.6 Å². The molecule has 1 saturated heterocycles. The molecule has 0 saturated carbocycles. The number of amides is 1. The standard InChI is InChI=1S/C16H22N2O4S.ClH/c1-3-11-22-14-6-4-5-13(12-14)18-15(19)16(23(2,20)21)7-9-17-10-8-16;/h3-6,12,17H,1,7-11H2,2H3,(H,18,19);1H. The highest BCUT2D eigenvalue weighted by Gasteiger charge is 2.48. The molecule has 0 bridgehead atoms. The predicted octanol–water partition coefficient (Wildman–Crippen LogP) is 1.78. The number of hydrogen-bond donors (Lipinski definition) is 2. The maximum atomic E-state index is 12.7. The van der Waals surface area contributed by atoms with Crippen molar-refractivity contribution in [2.24, 2.45) is 0 Å². The van der Waals surface area contributed by atoms with Gasteiger partial charge in [-0.15, -0.1) is 12.4 Å². The maximum Gasteiger partial charge on any atom is 0.245 e. The zero-order valence-corrected chi connectivity index (χ0v) is 15.2. The van der Waals surface area contributed by atoms with Crippen LogP contribution < -0.4 is 15.4 Å². The first-order valence-electron chi connectivity index (χ1n) is 7.44. The Balaban J connectivity index is 0.00000288. The molecular formula is C16H23ClN2O4S. The number of nitrogens with one attached hydrogen (secondary N) is 2. The van der Waals surface area contributed by atoms with E-state index in [1.165, 1.54) is 0 Å². The molecule has 0 unspecified atom stereocenters. The predicted molar refractivity (Wildman–Crippen MR) is 97.7 cm³/mol. The minimum atomic E-state index is -3.53. The van der Waals surface area contributed by atoms with Gasteiger partial charge >= 0.3 is 0 Å². The summed E-state index contributed by atoms with van der Waals surface area (Å²) in [4.78, 5) is 12.7. The molecule has 6 nitrogen and oxygen atoms in total. The van der Waals surface area contributed by atoms with E-state index >= 15 is 0 Å². The highest BCUT2D eigenvalue weighted by Crippen LogP contribution is 2.30. The number of ether oxygens (including phenoxy) is 1. The summed E-state index contributed by atoms with van der Waals surface area (Å²) < 4.78 is 28.5. The van der Waals surface area contributed by atoms with Crippen LogP contribution in [0.5, 0.6) is 5.75 Å². The molecule has 1 aromatic rings. The SMILES string of the molecule is C=CCOc1cccc(NC(=O)C2(S(C)(=O)=O)CCNCC2)c1.Cl. The van der Waals surface area contributed by atoms with E-state index in [4.69, 9.17) is 4.74 Å². The Morgan fingerprint density at radius 2 is 2.08 bits per heavy atom. The lowest BCUT2D eigenvalue weighted by Crippen LogP contribution is -2.55. The van der Waals surface area contributed by atoms with Crippen molar-refractivity contribution in [3.05, 3.63) is 36.9 Å². The second-order valence-corrected chi connectivity index (χ2v) is 7.92. The van der Waals surface area contributed by atoms with Crippen LogP contribution in [0.2, 0.25) is 0 Å². The third kappa shape index (κ3) is 4.49. The summed E-state index contributed by atoms with van der Waals surface area (Å²) in [5.74, 6) is 0.101. The van der Waals surface area contributed by atoms with Gasteiger partial charge in [-0.2, -0.15) is 0 Å². The van der Waals surface area contributed by atoms with Gasteiger partial charge in [0, 0.05) is 18.0 Å². The van der Waals surface area contributed by atoms with E-state index in [9.17, 15) is 13.2 Å². The number of rotatable bonds is 6. The van der Waals surface area contributed by atoms with Crippen molar-refractivity contribution in [2.45, 2.75) is 17.6 Å². The average Bonchev–Trinajstić information content (AvgIpc) is 2.53. The van der Waals surface area contributed by atoms with Crippen molar-refractivity contribution in [1.29, 1.82) is 0 Å². The smallest absolute Gasteiger partial charge is 0.245 e. The fraction of sp³-hybridized carbons (Fsp3) is 0.438. The lowest BCUT2D eigenvalue weighted by Gasteiger charge is -2.34. The topological polar surface area (TPSA) is 84.5 Å². The number of sulfone groups is 1. The summed E-state index contributed by atoms with van der Waals surface area (Å²) in [6.45, 7) is 4.94. The number of piperidine rings is 1. The molecule has 1 amide bonds. The molecule has 24 heavy (non-hydrogen) atoms. The summed E-state index contributed by atoms with van der Waals surface area (Å²) in [7, 11) is -3.53. The van der Waals surface area contributed by atoms with E-state index in [0.717, 1.165) is 6.26 Å². The van der Waals surface area contributed by atoms with Gasteiger partial charge < -0.3 is 15.4 Å². The summed E-state index contributed by atoms with van der Waals surface area (Å²) in [5, 5.41) is 5.81. The van der Waals surface area contributed by atoms with Gasteiger partial charge in [0.1, 0.15) is 12.4 Å². The highest BCUT2D eigenvalue weighted by atomic mass is 35.5. The van der Waals surface area contributed by atoms with E-state index in [1.807, 2.05) is 0 Å². The number of anilines is 1. The number of halogens is 1. The van der Waals surface area contributed by atoms with Crippen molar-refractivity contribution in [3.8, 4) is 5.75 Å². The van der Waals surface area contributed by atoms with Crippen LogP contribution in [0.4, 0.5) is 5.69 Å². The van der Waals surface area contributed by atoms with Crippen LogP contribution >= 0.6 is 12.4 Å². The first-order valence-corrected chi connectivity index (χ1v) is 9.34. The number of benzene rings is 1. The van der Waals surface area contributed by atoms with Crippen molar-refractivity contribution in [1.82, 2.24) is 5.32 Å². The molecule has 1 aromatic carbocycles. The van der Waals surface area contributed by atoms with Gasteiger partial charge in [0.05, 0.1) is 0 Å². The van der Waals surface area contributed by atoms with Crippen LogP contribution in [0.25, 0.3) is 0 Å². The molecule has 0 atom stereocenters. The van der Waals surface area contributed by atoms with Gasteiger partial charge in [-0.25, -0.2) is 8.42 Å². The number of carbonyl (C=O) groups excluding carboxylic acids is 1. The van der Waals surface area contributed by atoms with Crippen LogP contribution in [0.3, 0.4) is 0 Å². The maximum absolute atomic E-state index is 12.7. The Morgan fingerprint density at radius 3 is 2.67 bits per heavy atom. The Kier molecular flexibility index (Phi) is 7.26. The number of carbonyl (C=O) groups is 1. The molecule has 0 radical (unpaired) electrons. The first-order chi connectivity index (χ1) is 10.9. The average molecular weight is 375 g/mol. The molecular weight excluding hydrogens is 352 g/mol. The van der Waals surface area contributed by atoms with Crippen LogP contribution in [0, 0.1) is 0 Å². The summed E-state index contributed by atoms with van der Waals surface area (Å²) in [5.41, 5.74) is 0.512. The van der Waals surface area contributed by atoms with E-state index in [0.29, 0.717) is 31.1 Å². The molecule has 2 N–H and O–H groups in total. The van der Waals surface area contributed by atoms with Crippen LogP contribution in [-0.4, -0.2) is 45.0 Å². The van der Waals surface area contributed by atoms with E-state index < -0.39 is 20.5 Å². The Morgan fingerprint density at radius 1 is 1.42 bits per heavy atom. The third-order valence-corrected chi connectivity index (χ3v) is 6.01. The van der Waals surface area contributed by atoms with Crippen LogP contribution in [0.15, 0.2) is 36.9 Å². The van der Waals surface area contributed by atoms with E-state index in [1.54, 1.807) is 30.3 Å². The highest BCUT2D eigenvalue weighted by molar-refractivity contribution is 7.92. The zero-order chi connectivity index (χ0) is 16.9. The molecule has 0 aromatic heterocycles. The minimum absolute atomic E-state index is 0. The quantitative estimate of drug-likeness (QED) is 0.741. The van der Waals surface area contributed by atoms with Gasteiger partial charge in [0.25, 0.3) is 0 Å². The van der Waals surface area contributed by atoms with E-state index in [2.05, 4.69) is 17.2 Å². The number of hydrogen-bond acceptors (Lipinski definition) is 5. The van der Waals surface area contributed by atoms with Crippen LogP contribution in [-0.2, 0) is 14.6 Å². The molecule has 8 heteroatoms. The van der Waals surface area contributed by atoms with Crippen molar-refractivity contribution < 1.29 is 17.9 Å². The minimum Gasteiger partial charge on any atom is -0.489 e. The Hall–Kier alpha value is -1.57. The van der Waals surface area contributed by atoms with Crippen molar-refractivity contribution >= 4 is 33.8 Å². The molecule has 1 heterocycles. The lowest BCUT2D eigenvalue weighted by molar-refractivity contribution is -0.119. The largest absolute Gasteiger partial charge is 0.489 e. The first kappa shape index (κ1) is 20.5. The third-order valence-electron chi connectivity index (χ3n) is 3.99. The van der Waals surface area contributed by atoms with Gasteiger partial charge in [-0.1, -0.05) is 18.7 Å². The molecule has 0 aliphatic carbocycles. The van der Waals surface area contributed by atoms with Crippen LogP contribution in [0.1, 0.15) is 12.8 Å². The molecule has 1 aliphatic rings. The molecule has 0 spiro atoms. The molecule has 1 fully saturated rings. The van der Waals surface area contributed by atoms with Gasteiger partial charge in [-0.05, 0) is 38.1 Å². The van der Waals surface area contributed by atoms with Gasteiger partial charge in [0.2, 0.25) is 5.91 Å². The summed E-state index contributed by atoms with van der Waals surface area (Å²) >= 11 is 0. The molecule has 1 aliphatic heterocycles. The van der Waals surface area contributed by atoms with Crippen molar-refractivity contribution in [3.63, 3.8) is 0 Å². The Bertz CT molecular complexity index is 685. The molecule has 134 valence electrons.